The Kier molecular flexibility index (Phi) is 3.15. The van der Waals surface area contributed by atoms with Crippen molar-refractivity contribution in [1.29, 1.82) is 0 Å². The van der Waals surface area contributed by atoms with E-state index in [1.54, 1.807) is 26.4 Å². The number of nitrogens with zero attached hydrogens (tertiary/aromatic N) is 1. The molecule has 104 valence electrons. The van der Waals surface area contributed by atoms with E-state index in [0.717, 1.165) is 11.3 Å². The molecule has 1 aliphatic rings. The number of hydrogen-bond acceptors (Lipinski definition) is 5. The minimum atomic E-state index is -0.0928. The molecule has 0 atom stereocenters. The van der Waals surface area contributed by atoms with Crippen molar-refractivity contribution in [2.75, 3.05) is 14.2 Å². The van der Waals surface area contributed by atoms with Gasteiger partial charge in [-0.25, -0.2) is 4.98 Å². The summed E-state index contributed by atoms with van der Waals surface area (Å²) in [5, 5.41) is 3.12. The van der Waals surface area contributed by atoms with Crippen LogP contribution in [0.5, 0.6) is 11.5 Å². The summed E-state index contributed by atoms with van der Waals surface area (Å²) in [7, 11) is 3.16. The molecule has 0 fully saturated rings. The molecule has 1 aromatic heterocycles. The number of ether oxygens (including phenoxy) is 2. The van der Waals surface area contributed by atoms with Crippen molar-refractivity contribution in [3.8, 4) is 22.9 Å². The van der Waals surface area contributed by atoms with Gasteiger partial charge >= 0.3 is 0 Å². The minimum absolute atomic E-state index is 0.0928. The van der Waals surface area contributed by atoms with Crippen LogP contribution >= 0.6 is 0 Å². The molecule has 2 aromatic rings. The molecule has 3 rings (SSSR count). The monoisotopic (exact) mass is 273 g/mol. The second-order valence-corrected chi connectivity index (χ2v) is 4.51. The highest BCUT2D eigenvalue weighted by Gasteiger charge is 2.17. The molecule has 0 spiro atoms. The molecule has 1 aliphatic heterocycles. The molecule has 0 saturated heterocycles. The van der Waals surface area contributed by atoms with Crippen molar-refractivity contribution < 1.29 is 9.47 Å². The molecule has 0 unspecified atom stereocenters. The fourth-order valence-corrected chi connectivity index (χ4v) is 2.30. The third kappa shape index (κ3) is 2.04. The SMILES string of the molecule is COc1ccc(-c2nc3c(c(=O)[nH]2)CNC3)cc1OC. The maximum Gasteiger partial charge on any atom is 0.255 e. The van der Waals surface area contributed by atoms with E-state index < -0.39 is 0 Å². The zero-order chi connectivity index (χ0) is 14.1. The summed E-state index contributed by atoms with van der Waals surface area (Å²) in [6.45, 7) is 1.20. The van der Waals surface area contributed by atoms with Gasteiger partial charge in [0.05, 0.1) is 25.5 Å². The number of benzene rings is 1. The van der Waals surface area contributed by atoms with Crippen molar-refractivity contribution in [2.24, 2.45) is 0 Å². The maximum atomic E-state index is 12.0. The highest BCUT2D eigenvalue weighted by Crippen LogP contribution is 2.31. The van der Waals surface area contributed by atoms with Gasteiger partial charge in [-0.1, -0.05) is 0 Å². The molecule has 0 bridgehead atoms. The lowest BCUT2D eigenvalue weighted by molar-refractivity contribution is 0.355. The Morgan fingerprint density at radius 2 is 1.95 bits per heavy atom. The Morgan fingerprint density at radius 3 is 2.70 bits per heavy atom. The van der Waals surface area contributed by atoms with Gasteiger partial charge in [0.25, 0.3) is 5.56 Å². The number of hydrogen-bond donors (Lipinski definition) is 2. The van der Waals surface area contributed by atoms with Crippen molar-refractivity contribution in [3.05, 3.63) is 39.8 Å². The average Bonchev–Trinajstić information content (AvgIpc) is 2.95. The molecule has 0 saturated carbocycles. The summed E-state index contributed by atoms with van der Waals surface area (Å²) in [6.07, 6.45) is 0. The third-order valence-corrected chi connectivity index (χ3v) is 3.35. The Balaban J connectivity index is 2.10. The molecule has 2 heterocycles. The van der Waals surface area contributed by atoms with Gasteiger partial charge in [0.2, 0.25) is 0 Å². The summed E-state index contributed by atoms with van der Waals surface area (Å²) in [5.74, 6) is 1.78. The maximum absolute atomic E-state index is 12.0. The summed E-state index contributed by atoms with van der Waals surface area (Å²) in [5.41, 5.74) is 2.21. The van der Waals surface area contributed by atoms with Crippen LogP contribution in [0.1, 0.15) is 11.3 Å². The van der Waals surface area contributed by atoms with E-state index in [0.29, 0.717) is 36.0 Å². The molecule has 0 radical (unpaired) electrons. The molecular weight excluding hydrogens is 258 g/mol. The lowest BCUT2D eigenvalue weighted by Crippen LogP contribution is -2.15. The average molecular weight is 273 g/mol. The number of rotatable bonds is 3. The second-order valence-electron chi connectivity index (χ2n) is 4.51. The number of fused-ring (bicyclic) bond motifs is 1. The van der Waals surface area contributed by atoms with Gasteiger partial charge in [0.1, 0.15) is 5.82 Å². The van der Waals surface area contributed by atoms with Crippen molar-refractivity contribution in [2.45, 2.75) is 13.1 Å². The molecular formula is C14H15N3O3. The van der Waals surface area contributed by atoms with E-state index in [-0.39, 0.29) is 5.56 Å². The number of methoxy groups -OCH3 is 2. The first-order valence-electron chi connectivity index (χ1n) is 6.28. The van der Waals surface area contributed by atoms with Crippen LogP contribution < -0.4 is 20.3 Å². The summed E-state index contributed by atoms with van der Waals surface area (Å²) in [6, 6.07) is 5.43. The molecule has 6 nitrogen and oxygen atoms in total. The zero-order valence-electron chi connectivity index (χ0n) is 11.3. The Bertz CT molecular complexity index is 709. The summed E-state index contributed by atoms with van der Waals surface area (Å²) in [4.78, 5) is 19.3. The van der Waals surface area contributed by atoms with Gasteiger partial charge in [-0.3, -0.25) is 4.79 Å². The highest BCUT2D eigenvalue weighted by molar-refractivity contribution is 5.61. The topological polar surface area (TPSA) is 76.2 Å². The highest BCUT2D eigenvalue weighted by atomic mass is 16.5. The van der Waals surface area contributed by atoms with Crippen LogP contribution in [-0.2, 0) is 13.1 Å². The summed E-state index contributed by atoms with van der Waals surface area (Å²) < 4.78 is 10.5. The fraction of sp³-hybridized carbons (Fsp3) is 0.286. The first-order chi connectivity index (χ1) is 9.72. The van der Waals surface area contributed by atoms with Gasteiger partial charge in [0, 0.05) is 18.7 Å². The van der Waals surface area contributed by atoms with Crippen molar-refractivity contribution in [1.82, 2.24) is 15.3 Å². The Labute approximate surface area is 115 Å². The quantitative estimate of drug-likeness (QED) is 0.874. The van der Waals surface area contributed by atoms with Crippen LogP contribution in [0, 0.1) is 0 Å². The molecule has 2 N–H and O–H groups in total. The molecule has 20 heavy (non-hydrogen) atoms. The van der Waals surface area contributed by atoms with Gasteiger partial charge in [-0.2, -0.15) is 0 Å². The molecule has 0 aliphatic carbocycles. The van der Waals surface area contributed by atoms with Gasteiger partial charge in [0.15, 0.2) is 11.5 Å². The Morgan fingerprint density at radius 1 is 1.15 bits per heavy atom. The lowest BCUT2D eigenvalue weighted by atomic mass is 10.1. The first kappa shape index (κ1) is 12.7. The van der Waals surface area contributed by atoms with E-state index in [2.05, 4.69) is 15.3 Å². The van der Waals surface area contributed by atoms with Crippen LogP contribution in [0.4, 0.5) is 0 Å². The van der Waals surface area contributed by atoms with E-state index in [1.807, 2.05) is 6.07 Å². The van der Waals surface area contributed by atoms with Crippen LogP contribution in [-0.4, -0.2) is 24.2 Å². The van der Waals surface area contributed by atoms with Crippen LogP contribution in [0.2, 0.25) is 0 Å². The van der Waals surface area contributed by atoms with Crippen LogP contribution in [0.15, 0.2) is 23.0 Å². The van der Waals surface area contributed by atoms with Gasteiger partial charge in [-0.05, 0) is 18.2 Å². The second kappa shape index (κ2) is 4.97. The minimum Gasteiger partial charge on any atom is -0.493 e. The van der Waals surface area contributed by atoms with Crippen molar-refractivity contribution in [3.63, 3.8) is 0 Å². The largest absolute Gasteiger partial charge is 0.493 e. The number of nitrogens with one attached hydrogen (secondary N) is 2. The van der Waals surface area contributed by atoms with Crippen LogP contribution in [0.25, 0.3) is 11.4 Å². The number of aromatic amines is 1. The number of H-pyrrole nitrogens is 1. The van der Waals surface area contributed by atoms with E-state index in [4.69, 9.17) is 9.47 Å². The normalized spacial score (nSPS) is 13.1. The lowest BCUT2D eigenvalue weighted by Gasteiger charge is -2.09. The molecule has 1 aromatic carbocycles. The zero-order valence-corrected chi connectivity index (χ0v) is 11.3. The van der Waals surface area contributed by atoms with E-state index >= 15 is 0 Å². The number of aromatic nitrogens is 2. The fourth-order valence-electron chi connectivity index (χ4n) is 2.30. The summed E-state index contributed by atoms with van der Waals surface area (Å²) >= 11 is 0. The molecule has 0 amide bonds. The predicted octanol–water partition coefficient (Wildman–Crippen LogP) is 1.06. The van der Waals surface area contributed by atoms with E-state index in [9.17, 15) is 4.79 Å². The van der Waals surface area contributed by atoms with Crippen LogP contribution in [0.3, 0.4) is 0 Å². The van der Waals surface area contributed by atoms with E-state index in [1.165, 1.54) is 0 Å². The third-order valence-electron chi connectivity index (χ3n) is 3.35. The van der Waals surface area contributed by atoms with Gasteiger partial charge < -0.3 is 19.8 Å². The molecule has 6 heteroatoms. The standard InChI is InChI=1S/C14H15N3O3/c1-19-11-4-3-8(5-12(11)20-2)13-16-10-7-15-6-9(10)14(18)17-13/h3-5,15H,6-7H2,1-2H3,(H,16,17,18). The Hall–Kier alpha value is -2.34. The smallest absolute Gasteiger partial charge is 0.255 e. The van der Waals surface area contributed by atoms with Gasteiger partial charge in [-0.15, -0.1) is 0 Å². The predicted molar refractivity (Wildman–Crippen MR) is 73.9 cm³/mol. The van der Waals surface area contributed by atoms with Crippen molar-refractivity contribution >= 4 is 0 Å². The first-order valence-corrected chi connectivity index (χ1v) is 6.28.